The van der Waals surface area contributed by atoms with E-state index >= 15 is 0 Å². The van der Waals surface area contributed by atoms with Gasteiger partial charge < -0.3 is 4.74 Å². The molecule has 0 spiro atoms. The van der Waals surface area contributed by atoms with Crippen LogP contribution >= 0.6 is 0 Å². The average Bonchev–Trinajstić information content (AvgIpc) is 2.37. The average molecular weight is 178 g/mol. The second kappa shape index (κ2) is 2.90. The number of hydrogen-bond donors (Lipinski definition) is 0. The molecule has 0 saturated carbocycles. The Morgan fingerprint density at radius 3 is 2.92 bits per heavy atom. The van der Waals surface area contributed by atoms with Gasteiger partial charge in [0.25, 0.3) is 0 Å². The molecule has 13 heavy (non-hydrogen) atoms. The van der Waals surface area contributed by atoms with Crippen molar-refractivity contribution in [1.82, 2.24) is 0 Å². The Labute approximate surface area is 80.5 Å². The van der Waals surface area contributed by atoms with Crippen molar-refractivity contribution in [2.75, 3.05) is 0 Å². The topological polar surface area (TPSA) is 9.23 Å². The number of rotatable bonds is 1. The van der Waals surface area contributed by atoms with Crippen LogP contribution in [0, 0.1) is 0 Å². The second-order valence-electron chi connectivity index (χ2n) is 4.59. The van der Waals surface area contributed by atoms with Crippen LogP contribution in [0.4, 0.5) is 0 Å². The van der Waals surface area contributed by atoms with Gasteiger partial charge in [-0.2, -0.15) is 0 Å². The number of allylic oxidation sites excluding steroid dienone is 2. The third-order valence-electron chi connectivity index (χ3n) is 2.85. The minimum absolute atomic E-state index is 0.0449. The normalized spacial score (nSPS) is 25.3. The first-order chi connectivity index (χ1) is 6.12. The maximum atomic E-state index is 5.97. The SMILES string of the molecule is CCC1=CCCC2=C1OC(C)(C)C2. The highest BCUT2D eigenvalue weighted by Crippen LogP contribution is 2.42. The van der Waals surface area contributed by atoms with Gasteiger partial charge in [0.2, 0.25) is 0 Å². The molecule has 0 radical (unpaired) electrons. The molecule has 0 fully saturated rings. The van der Waals surface area contributed by atoms with E-state index in [4.69, 9.17) is 4.74 Å². The highest BCUT2D eigenvalue weighted by atomic mass is 16.5. The Morgan fingerprint density at radius 2 is 2.23 bits per heavy atom. The molecule has 72 valence electrons. The second-order valence-corrected chi connectivity index (χ2v) is 4.59. The molecule has 1 heteroatoms. The summed E-state index contributed by atoms with van der Waals surface area (Å²) in [5, 5.41) is 0. The lowest BCUT2D eigenvalue weighted by molar-refractivity contribution is 0.0654. The van der Waals surface area contributed by atoms with Crippen molar-refractivity contribution in [1.29, 1.82) is 0 Å². The minimum atomic E-state index is 0.0449. The van der Waals surface area contributed by atoms with E-state index in [2.05, 4.69) is 26.8 Å². The predicted octanol–water partition coefficient (Wildman–Crippen LogP) is 3.57. The first-order valence-corrected chi connectivity index (χ1v) is 5.23. The largest absolute Gasteiger partial charge is 0.487 e. The van der Waals surface area contributed by atoms with Gasteiger partial charge in [-0.05, 0) is 44.3 Å². The van der Waals surface area contributed by atoms with E-state index in [9.17, 15) is 0 Å². The molecule has 0 bridgehead atoms. The zero-order valence-corrected chi connectivity index (χ0v) is 8.81. The molecule has 1 aliphatic heterocycles. The zero-order valence-electron chi connectivity index (χ0n) is 8.81. The van der Waals surface area contributed by atoms with Crippen LogP contribution in [0.15, 0.2) is 23.0 Å². The summed E-state index contributed by atoms with van der Waals surface area (Å²) in [5.41, 5.74) is 3.01. The summed E-state index contributed by atoms with van der Waals surface area (Å²) in [4.78, 5) is 0. The van der Waals surface area contributed by atoms with Gasteiger partial charge in [-0.1, -0.05) is 13.0 Å². The van der Waals surface area contributed by atoms with Crippen molar-refractivity contribution in [3.8, 4) is 0 Å². The summed E-state index contributed by atoms with van der Waals surface area (Å²) in [6.07, 6.45) is 6.98. The van der Waals surface area contributed by atoms with Gasteiger partial charge in [0.1, 0.15) is 11.4 Å². The molecular weight excluding hydrogens is 160 g/mol. The molecule has 0 saturated heterocycles. The van der Waals surface area contributed by atoms with Crippen LogP contribution in [0.5, 0.6) is 0 Å². The third kappa shape index (κ3) is 1.52. The van der Waals surface area contributed by atoms with Crippen LogP contribution in [-0.4, -0.2) is 5.60 Å². The Bertz CT molecular complexity index is 281. The van der Waals surface area contributed by atoms with Crippen LogP contribution < -0.4 is 0 Å². The smallest absolute Gasteiger partial charge is 0.122 e. The van der Waals surface area contributed by atoms with E-state index in [1.54, 1.807) is 5.57 Å². The molecule has 1 nitrogen and oxygen atoms in total. The van der Waals surface area contributed by atoms with Crippen molar-refractivity contribution in [3.63, 3.8) is 0 Å². The van der Waals surface area contributed by atoms with E-state index in [1.807, 2.05) is 0 Å². The number of hydrogen-bond acceptors (Lipinski definition) is 1. The van der Waals surface area contributed by atoms with E-state index in [0.717, 1.165) is 12.8 Å². The molecular formula is C12H18O. The van der Waals surface area contributed by atoms with Gasteiger partial charge >= 0.3 is 0 Å². The molecule has 0 aromatic carbocycles. The van der Waals surface area contributed by atoms with Crippen molar-refractivity contribution in [2.45, 2.75) is 52.1 Å². The van der Waals surface area contributed by atoms with Crippen LogP contribution in [0.3, 0.4) is 0 Å². The third-order valence-corrected chi connectivity index (χ3v) is 2.85. The zero-order chi connectivity index (χ0) is 9.47. The van der Waals surface area contributed by atoms with Crippen molar-refractivity contribution >= 4 is 0 Å². The van der Waals surface area contributed by atoms with E-state index in [-0.39, 0.29) is 5.60 Å². The Balaban J connectivity index is 2.26. The molecule has 0 aromatic heterocycles. The quantitative estimate of drug-likeness (QED) is 0.596. The standard InChI is InChI=1S/C12H18O/c1-4-9-6-5-7-10-8-12(2,3)13-11(9)10/h6H,4-5,7-8H2,1-3H3. The van der Waals surface area contributed by atoms with Crippen molar-refractivity contribution in [3.05, 3.63) is 23.0 Å². The molecule has 0 aromatic rings. The highest BCUT2D eigenvalue weighted by molar-refractivity contribution is 5.37. The first-order valence-electron chi connectivity index (χ1n) is 5.23. The molecule has 0 unspecified atom stereocenters. The fourth-order valence-corrected chi connectivity index (χ4v) is 2.29. The molecule has 2 rings (SSSR count). The highest BCUT2D eigenvalue weighted by Gasteiger charge is 2.34. The van der Waals surface area contributed by atoms with E-state index in [0.29, 0.717) is 0 Å². The van der Waals surface area contributed by atoms with Crippen molar-refractivity contribution < 1.29 is 4.74 Å². The van der Waals surface area contributed by atoms with Crippen LogP contribution in [-0.2, 0) is 4.74 Å². The van der Waals surface area contributed by atoms with Gasteiger partial charge in [-0.3, -0.25) is 0 Å². The summed E-state index contributed by atoms with van der Waals surface area (Å²) < 4.78 is 5.97. The van der Waals surface area contributed by atoms with Gasteiger partial charge in [0, 0.05) is 6.42 Å². The summed E-state index contributed by atoms with van der Waals surface area (Å²) in [5.74, 6) is 1.22. The fourth-order valence-electron chi connectivity index (χ4n) is 2.29. The molecule has 0 atom stereocenters. The lowest BCUT2D eigenvalue weighted by Gasteiger charge is -2.20. The molecule has 1 aliphatic carbocycles. The van der Waals surface area contributed by atoms with Crippen molar-refractivity contribution in [2.24, 2.45) is 0 Å². The molecule has 1 heterocycles. The van der Waals surface area contributed by atoms with E-state index < -0.39 is 0 Å². The van der Waals surface area contributed by atoms with Gasteiger partial charge in [0.15, 0.2) is 0 Å². The van der Waals surface area contributed by atoms with Crippen LogP contribution in [0.2, 0.25) is 0 Å². The van der Waals surface area contributed by atoms with Crippen LogP contribution in [0.1, 0.15) is 46.5 Å². The maximum absolute atomic E-state index is 5.97. The molecule has 2 aliphatic rings. The first kappa shape index (κ1) is 8.86. The van der Waals surface area contributed by atoms with Crippen LogP contribution in [0.25, 0.3) is 0 Å². The minimum Gasteiger partial charge on any atom is -0.487 e. The lowest BCUT2D eigenvalue weighted by atomic mass is 9.92. The Morgan fingerprint density at radius 1 is 1.46 bits per heavy atom. The lowest BCUT2D eigenvalue weighted by Crippen LogP contribution is -2.18. The molecule has 0 amide bonds. The summed E-state index contributed by atoms with van der Waals surface area (Å²) in [7, 11) is 0. The molecule has 0 N–H and O–H groups in total. The summed E-state index contributed by atoms with van der Waals surface area (Å²) in [6, 6.07) is 0. The number of ether oxygens (including phenoxy) is 1. The summed E-state index contributed by atoms with van der Waals surface area (Å²) in [6.45, 7) is 6.56. The van der Waals surface area contributed by atoms with Gasteiger partial charge in [0.05, 0.1) is 0 Å². The monoisotopic (exact) mass is 178 g/mol. The Kier molecular flexibility index (Phi) is 1.98. The van der Waals surface area contributed by atoms with E-state index in [1.165, 1.54) is 24.2 Å². The van der Waals surface area contributed by atoms with Gasteiger partial charge in [-0.25, -0.2) is 0 Å². The van der Waals surface area contributed by atoms with Gasteiger partial charge in [-0.15, -0.1) is 0 Å². The Hall–Kier alpha value is -0.720. The maximum Gasteiger partial charge on any atom is 0.122 e. The summed E-state index contributed by atoms with van der Waals surface area (Å²) >= 11 is 0. The fraction of sp³-hybridized carbons (Fsp3) is 0.667. The predicted molar refractivity (Wildman–Crippen MR) is 54.4 cm³/mol.